The van der Waals surface area contributed by atoms with E-state index in [0.29, 0.717) is 27.4 Å². The normalized spacial score (nSPS) is 15.3. The van der Waals surface area contributed by atoms with Crippen LogP contribution in [0.15, 0.2) is 24.3 Å². The molecule has 0 atom stereocenters. The number of piperidine rings is 1. The highest BCUT2D eigenvalue weighted by atomic mass is 35.5. The maximum absolute atomic E-state index is 12.6. The molecule has 25 heavy (non-hydrogen) atoms. The third kappa shape index (κ3) is 4.41. The average molecular weight is 379 g/mol. The van der Waals surface area contributed by atoms with Gasteiger partial charge in [-0.15, -0.1) is 0 Å². The van der Waals surface area contributed by atoms with Crippen molar-refractivity contribution in [3.05, 3.63) is 45.7 Å². The number of rotatable bonds is 3. The number of amides is 1. The number of halogens is 2. The van der Waals surface area contributed by atoms with Crippen LogP contribution in [0.5, 0.6) is 0 Å². The molecule has 1 fully saturated rings. The lowest BCUT2D eigenvalue weighted by Gasteiger charge is -2.30. The summed E-state index contributed by atoms with van der Waals surface area (Å²) >= 11 is 12.0. The molecule has 0 saturated carbocycles. The van der Waals surface area contributed by atoms with Crippen molar-refractivity contribution in [2.45, 2.75) is 26.7 Å². The number of hydrogen-bond donors (Lipinski definition) is 1. The van der Waals surface area contributed by atoms with Gasteiger partial charge in [0.2, 0.25) is 5.95 Å². The minimum Gasteiger partial charge on any atom is -0.341 e. The van der Waals surface area contributed by atoms with E-state index in [9.17, 15) is 4.79 Å². The molecule has 1 aliphatic rings. The number of nitrogens with zero attached hydrogens (tertiary/aromatic N) is 3. The summed E-state index contributed by atoms with van der Waals surface area (Å²) in [6, 6.07) is 6.61. The van der Waals surface area contributed by atoms with Gasteiger partial charge in [0.1, 0.15) is 5.69 Å². The number of benzene rings is 1. The van der Waals surface area contributed by atoms with Gasteiger partial charge >= 0.3 is 0 Å². The van der Waals surface area contributed by atoms with Crippen LogP contribution in [0.2, 0.25) is 10.0 Å². The molecule has 0 aliphatic carbocycles. The molecule has 7 heteroatoms. The van der Waals surface area contributed by atoms with E-state index in [1.54, 1.807) is 24.3 Å². The van der Waals surface area contributed by atoms with E-state index in [1.165, 1.54) is 0 Å². The van der Waals surface area contributed by atoms with Crippen LogP contribution in [0.1, 0.15) is 35.9 Å². The van der Waals surface area contributed by atoms with E-state index in [2.05, 4.69) is 27.1 Å². The summed E-state index contributed by atoms with van der Waals surface area (Å²) in [4.78, 5) is 23.7. The quantitative estimate of drug-likeness (QED) is 0.848. The van der Waals surface area contributed by atoms with Crippen LogP contribution in [-0.2, 0) is 0 Å². The lowest BCUT2D eigenvalue weighted by Crippen LogP contribution is -2.34. The minimum absolute atomic E-state index is 0.318. The number of aryl methyl sites for hydroxylation is 1. The first-order chi connectivity index (χ1) is 11.9. The number of carbonyl (C=O) groups excluding carboxylic acids is 1. The number of anilines is 2. The van der Waals surface area contributed by atoms with E-state index in [-0.39, 0.29) is 5.91 Å². The second-order valence-corrected chi connectivity index (χ2v) is 7.29. The molecule has 1 aromatic carbocycles. The van der Waals surface area contributed by atoms with Gasteiger partial charge in [0.25, 0.3) is 5.91 Å². The summed E-state index contributed by atoms with van der Waals surface area (Å²) in [7, 11) is 0. The van der Waals surface area contributed by atoms with Gasteiger partial charge in [-0.05, 0) is 49.9 Å². The first-order valence-electron chi connectivity index (χ1n) is 8.29. The lowest BCUT2D eigenvalue weighted by molar-refractivity contribution is 0.102. The van der Waals surface area contributed by atoms with Gasteiger partial charge in [-0.3, -0.25) is 4.79 Å². The summed E-state index contributed by atoms with van der Waals surface area (Å²) < 4.78 is 0. The summed E-state index contributed by atoms with van der Waals surface area (Å²) in [6.07, 6.45) is 2.22. The van der Waals surface area contributed by atoms with Crippen LogP contribution in [-0.4, -0.2) is 29.0 Å². The fraction of sp³-hybridized carbons (Fsp3) is 0.389. The maximum atomic E-state index is 12.6. The number of hydrogen-bond acceptors (Lipinski definition) is 4. The van der Waals surface area contributed by atoms with Gasteiger partial charge in [-0.2, -0.15) is 0 Å². The van der Waals surface area contributed by atoms with E-state index in [4.69, 9.17) is 23.2 Å². The Bertz CT molecular complexity index is 789. The van der Waals surface area contributed by atoms with Gasteiger partial charge in [0.15, 0.2) is 0 Å². The molecular weight excluding hydrogens is 359 g/mol. The number of carbonyl (C=O) groups is 1. The van der Waals surface area contributed by atoms with Crippen molar-refractivity contribution in [1.82, 2.24) is 9.97 Å². The first-order valence-corrected chi connectivity index (χ1v) is 9.05. The molecule has 1 saturated heterocycles. The standard InChI is InChI=1S/C18H20Cl2N4O/c1-11-5-7-24(8-6-11)18-21-12(2)9-16(23-18)17(25)22-15-4-3-13(19)10-14(15)20/h3-4,9-11H,5-8H2,1-2H3,(H,22,25). The highest BCUT2D eigenvalue weighted by Crippen LogP contribution is 2.26. The number of nitrogens with one attached hydrogen (secondary N) is 1. The van der Waals surface area contributed by atoms with E-state index in [1.807, 2.05) is 6.92 Å². The van der Waals surface area contributed by atoms with Crippen molar-refractivity contribution in [2.75, 3.05) is 23.3 Å². The van der Waals surface area contributed by atoms with Crippen LogP contribution in [0, 0.1) is 12.8 Å². The van der Waals surface area contributed by atoms with Gasteiger partial charge in [-0.25, -0.2) is 9.97 Å². The zero-order valence-electron chi connectivity index (χ0n) is 14.2. The Balaban J connectivity index is 1.80. The maximum Gasteiger partial charge on any atom is 0.274 e. The van der Waals surface area contributed by atoms with Crippen LogP contribution >= 0.6 is 23.2 Å². The molecule has 132 valence electrons. The van der Waals surface area contributed by atoms with Crippen molar-refractivity contribution in [1.29, 1.82) is 0 Å². The van der Waals surface area contributed by atoms with Crippen molar-refractivity contribution in [3.8, 4) is 0 Å². The first kappa shape index (κ1) is 18.0. The topological polar surface area (TPSA) is 58.1 Å². The average Bonchev–Trinajstić information content (AvgIpc) is 2.57. The predicted molar refractivity (Wildman–Crippen MR) is 102 cm³/mol. The Morgan fingerprint density at radius 1 is 1.20 bits per heavy atom. The predicted octanol–water partition coefficient (Wildman–Crippen LogP) is 4.58. The van der Waals surface area contributed by atoms with Crippen LogP contribution < -0.4 is 10.2 Å². The molecule has 2 aromatic rings. The minimum atomic E-state index is -0.318. The second-order valence-electron chi connectivity index (χ2n) is 6.44. The third-order valence-corrected chi connectivity index (χ3v) is 4.87. The zero-order chi connectivity index (χ0) is 18.0. The van der Waals surface area contributed by atoms with Crippen LogP contribution in [0.4, 0.5) is 11.6 Å². The molecule has 5 nitrogen and oxygen atoms in total. The Morgan fingerprint density at radius 2 is 1.92 bits per heavy atom. The van der Waals surface area contributed by atoms with E-state index in [0.717, 1.165) is 37.5 Å². The Labute approximate surface area is 157 Å². The summed E-state index contributed by atoms with van der Waals surface area (Å²) in [6.45, 7) is 5.94. The molecule has 0 spiro atoms. The van der Waals surface area contributed by atoms with Gasteiger partial charge in [0, 0.05) is 23.8 Å². The van der Waals surface area contributed by atoms with Crippen molar-refractivity contribution >= 4 is 40.7 Å². The van der Waals surface area contributed by atoms with Crippen molar-refractivity contribution < 1.29 is 4.79 Å². The molecule has 0 unspecified atom stereocenters. The largest absolute Gasteiger partial charge is 0.341 e. The van der Waals surface area contributed by atoms with E-state index >= 15 is 0 Å². The monoisotopic (exact) mass is 378 g/mol. The lowest BCUT2D eigenvalue weighted by atomic mass is 10.00. The zero-order valence-corrected chi connectivity index (χ0v) is 15.7. The summed E-state index contributed by atoms with van der Waals surface area (Å²) in [5, 5.41) is 3.68. The van der Waals surface area contributed by atoms with Crippen molar-refractivity contribution in [2.24, 2.45) is 5.92 Å². The molecule has 3 rings (SSSR count). The summed E-state index contributed by atoms with van der Waals surface area (Å²) in [5.74, 6) is 1.01. The SMILES string of the molecule is Cc1cc(C(=O)Nc2ccc(Cl)cc2Cl)nc(N2CCC(C)CC2)n1. The van der Waals surface area contributed by atoms with Gasteiger partial charge < -0.3 is 10.2 Å². The fourth-order valence-electron chi connectivity index (χ4n) is 2.80. The highest BCUT2D eigenvalue weighted by Gasteiger charge is 2.20. The Hall–Kier alpha value is -1.85. The van der Waals surface area contributed by atoms with E-state index < -0.39 is 0 Å². The molecule has 1 aliphatic heterocycles. The molecule has 0 bridgehead atoms. The third-order valence-electron chi connectivity index (χ3n) is 4.32. The Morgan fingerprint density at radius 3 is 2.60 bits per heavy atom. The molecule has 1 N–H and O–H groups in total. The van der Waals surface area contributed by atoms with Gasteiger partial charge in [0.05, 0.1) is 10.7 Å². The molecule has 1 amide bonds. The Kier molecular flexibility index (Phi) is 5.45. The highest BCUT2D eigenvalue weighted by molar-refractivity contribution is 6.36. The fourth-order valence-corrected chi connectivity index (χ4v) is 3.25. The molecule has 0 radical (unpaired) electrons. The van der Waals surface area contributed by atoms with Crippen molar-refractivity contribution in [3.63, 3.8) is 0 Å². The summed E-state index contributed by atoms with van der Waals surface area (Å²) in [5.41, 5.74) is 1.59. The van der Waals surface area contributed by atoms with Crippen LogP contribution in [0.3, 0.4) is 0 Å². The second kappa shape index (κ2) is 7.58. The number of aromatic nitrogens is 2. The molecule has 1 aromatic heterocycles. The molecular formula is C18H20Cl2N4O. The smallest absolute Gasteiger partial charge is 0.274 e. The van der Waals surface area contributed by atoms with Crippen LogP contribution in [0.25, 0.3) is 0 Å². The molecule has 2 heterocycles. The van der Waals surface area contributed by atoms with Gasteiger partial charge in [-0.1, -0.05) is 30.1 Å².